The highest BCUT2D eigenvalue weighted by atomic mass is 19.1. The standard InChI is InChI=1S/C14H19FN2O4/c1-20-8-21-14-11(15)7-16-13(17-14)10-4-2-9(3-5-10)6-12(18)19/h7,9-10H,2-6,8H2,1H3,(H,18,19). The number of nitrogens with zero attached hydrogens (tertiary/aromatic N) is 2. The molecule has 1 N–H and O–H groups in total. The highest BCUT2D eigenvalue weighted by Gasteiger charge is 2.26. The van der Waals surface area contributed by atoms with E-state index >= 15 is 0 Å². The van der Waals surface area contributed by atoms with Gasteiger partial charge >= 0.3 is 5.97 Å². The van der Waals surface area contributed by atoms with E-state index < -0.39 is 11.8 Å². The molecule has 0 aromatic carbocycles. The Hall–Kier alpha value is -1.76. The molecule has 0 amide bonds. The topological polar surface area (TPSA) is 81.5 Å². The summed E-state index contributed by atoms with van der Waals surface area (Å²) in [6.45, 7) is -0.0707. The predicted molar refractivity (Wildman–Crippen MR) is 71.4 cm³/mol. The third kappa shape index (κ3) is 4.35. The molecule has 0 spiro atoms. The van der Waals surface area contributed by atoms with Crippen LogP contribution in [0.5, 0.6) is 5.88 Å². The van der Waals surface area contributed by atoms with Crippen molar-refractivity contribution in [2.24, 2.45) is 5.92 Å². The van der Waals surface area contributed by atoms with Crippen molar-refractivity contribution in [3.05, 3.63) is 17.8 Å². The number of carboxylic acids is 1. The zero-order chi connectivity index (χ0) is 15.2. The summed E-state index contributed by atoms with van der Waals surface area (Å²) in [6.07, 6.45) is 4.59. The zero-order valence-electron chi connectivity index (χ0n) is 11.9. The third-order valence-corrected chi connectivity index (χ3v) is 3.72. The van der Waals surface area contributed by atoms with E-state index in [0.717, 1.165) is 31.9 Å². The first-order valence-corrected chi connectivity index (χ1v) is 6.96. The van der Waals surface area contributed by atoms with E-state index in [0.29, 0.717) is 5.82 Å². The Morgan fingerprint density at radius 3 is 2.76 bits per heavy atom. The van der Waals surface area contributed by atoms with Crippen LogP contribution in [0, 0.1) is 11.7 Å². The van der Waals surface area contributed by atoms with Gasteiger partial charge < -0.3 is 14.6 Å². The van der Waals surface area contributed by atoms with Crippen LogP contribution >= 0.6 is 0 Å². The Labute approximate surface area is 122 Å². The molecule has 1 saturated carbocycles. The first-order valence-electron chi connectivity index (χ1n) is 6.96. The van der Waals surface area contributed by atoms with E-state index in [9.17, 15) is 9.18 Å². The summed E-state index contributed by atoms with van der Waals surface area (Å²) in [4.78, 5) is 18.9. The Bertz CT molecular complexity index is 490. The molecule has 1 heterocycles. The van der Waals surface area contributed by atoms with Crippen LogP contribution in [-0.2, 0) is 9.53 Å². The summed E-state index contributed by atoms with van der Waals surface area (Å²) < 4.78 is 23.3. The molecule has 6 nitrogen and oxygen atoms in total. The van der Waals surface area contributed by atoms with Crippen LogP contribution in [0.25, 0.3) is 0 Å². The number of carboxylic acid groups (broad SMARTS) is 1. The van der Waals surface area contributed by atoms with Crippen molar-refractivity contribution in [2.45, 2.75) is 38.0 Å². The van der Waals surface area contributed by atoms with Crippen LogP contribution in [0.4, 0.5) is 4.39 Å². The minimum Gasteiger partial charge on any atom is -0.481 e. The molecule has 0 unspecified atom stereocenters. The number of hydrogen-bond donors (Lipinski definition) is 1. The van der Waals surface area contributed by atoms with E-state index in [1.54, 1.807) is 0 Å². The van der Waals surface area contributed by atoms with Gasteiger partial charge in [0.1, 0.15) is 5.82 Å². The van der Waals surface area contributed by atoms with Gasteiger partial charge in [0.2, 0.25) is 5.82 Å². The molecule has 0 aliphatic heterocycles. The molecule has 116 valence electrons. The van der Waals surface area contributed by atoms with E-state index in [4.69, 9.17) is 14.6 Å². The molecule has 2 rings (SSSR count). The van der Waals surface area contributed by atoms with Gasteiger partial charge in [-0.2, -0.15) is 9.37 Å². The van der Waals surface area contributed by atoms with Crippen molar-refractivity contribution < 1.29 is 23.8 Å². The Morgan fingerprint density at radius 2 is 2.14 bits per heavy atom. The number of hydrogen-bond acceptors (Lipinski definition) is 5. The van der Waals surface area contributed by atoms with Gasteiger partial charge in [0.25, 0.3) is 5.88 Å². The van der Waals surface area contributed by atoms with Gasteiger partial charge in [-0.15, -0.1) is 0 Å². The number of methoxy groups -OCH3 is 1. The molecule has 0 radical (unpaired) electrons. The van der Waals surface area contributed by atoms with E-state index in [-0.39, 0.29) is 30.9 Å². The second-order valence-electron chi connectivity index (χ2n) is 5.25. The fourth-order valence-electron chi connectivity index (χ4n) is 2.65. The van der Waals surface area contributed by atoms with Gasteiger partial charge in [0.05, 0.1) is 6.20 Å². The predicted octanol–water partition coefficient (Wildman–Crippen LogP) is 2.35. The second kappa shape index (κ2) is 7.31. The van der Waals surface area contributed by atoms with Crippen LogP contribution < -0.4 is 4.74 Å². The van der Waals surface area contributed by atoms with Gasteiger partial charge in [-0.25, -0.2) is 4.98 Å². The number of aliphatic carboxylic acids is 1. The minimum atomic E-state index is -0.758. The van der Waals surface area contributed by atoms with Crippen molar-refractivity contribution in [3.63, 3.8) is 0 Å². The summed E-state index contributed by atoms with van der Waals surface area (Å²) in [7, 11) is 1.45. The SMILES string of the molecule is COCOc1nc(C2CCC(CC(=O)O)CC2)ncc1F. The van der Waals surface area contributed by atoms with Gasteiger partial charge in [-0.1, -0.05) is 0 Å². The lowest BCUT2D eigenvalue weighted by Gasteiger charge is -2.26. The molecule has 7 heteroatoms. The smallest absolute Gasteiger partial charge is 0.303 e. The van der Waals surface area contributed by atoms with Gasteiger partial charge in [-0.05, 0) is 31.6 Å². The van der Waals surface area contributed by atoms with Gasteiger partial charge in [-0.3, -0.25) is 4.79 Å². The van der Waals surface area contributed by atoms with Crippen molar-refractivity contribution in [3.8, 4) is 5.88 Å². The summed E-state index contributed by atoms with van der Waals surface area (Å²) in [6, 6.07) is 0. The van der Waals surface area contributed by atoms with Crippen LogP contribution in [-0.4, -0.2) is 34.9 Å². The fourth-order valence-corrected chi connectivity index (χ4v) is 2.65. The fraction of sp³-hybridized carbons (Fsp3) is 0.643. The number of halogens is 1. The maximum absolute atomic E-state index is 13.5. The molecular formula is C14H19FN2O4. The van der Waals surface area contributed by atoms with Crippen molar-refractivity contribution >= 4 is 5.97 Å². The zero-order valence-corrected chi connectivity index (χ0v) is 11.9. The minimum absolute atomic E-state index is 0.0707. The Morgan fingerprint density at radius 1 is 1.43 bits per heavy atom. The first-order chi connectivity index (χ1) is 10.1. The third-order valence-electron chi connectivity index (χ3n) is 3.72. The quantitative estimate of drug-likeness (QED) is 0.812. The van der Waals surface area contributed by atoms with E-state index in [1.807, 2.05) is 0 Å². The molecule has 21 heavy (non-hydrogen) atoms. The molecule has 0 atom stereocenters. The number of carbonyl (C=O) groups is 1. The number of aromatic nitrogens is 2. The highest BCUT2D eigenvalue weighted by Crippen LogP contribution is 2.36. The van der Waals surface area contributed by atoms with E-state index in [1.165, 1.54) is 7.11 Å². The number of ether oxygens (including phenoxy) is 2. The normalized spacial score (nSPS) is 22.0. The average Bonchev–Trinajstić information content (AvgIpc) is 2.47. The van der Waals surface area contributed by atoms with Gasteiger partial charge in [0.15, 0.2) is 6.79 Å². The molecular weight excluding hydrogens is 279 g/mol. The summed E-state index contributed by atoms with van der Waals surface area (Å²) >= 11 is 0. The summed E-state index contributed by atoms with van der Waals surface area (Å²) in [5.41, 5.74) is 0. The molecule has 1 aliphatic carbocycles. The lowest BCUT2D eigenvalue weighted by Crippen LogP contribution is -2.18. The van der Waals surface area contributed by atoms with Crippen LogP contribution in [0.15, 0.2) is 6.20 Å². The first kappa shape index (κ1) is 15.6. The highest BCUT2D eigenvalue weighted by molar-refractivity contribution is 5.67. The largest absolute Gasteiger partial charge is 0.481 e. The lowest BCUT2D eigenvalue weighted by molar-refractivity contribution is -0.138. The van der Waals surface area contributed by atoms with Crippen LogP contribution in [0.1, 0.15) is 43.8 Å². The maximum Gasteiger partial charge on any atom is 0.303 e. The molecule has 0 bridgehead atoms. The molecule has 1 fully saturated rings. The van der Waals surface area contributed by atoms with E-state index in [2.05, 4.69) is 9.97 Å². The van der Waals surface area contributed by atoms with Crippen molar-refractivity contribution in [2.75, 3.05) is 13.9 Å². The molecule has 1 aromatic rings. The van der Waals surface area contributed by atoms with Crippen LogP contribution in [0.2, 0.25) is 0 Å². The summed E-state index contributed by atoms with van der Waals surface area (Å²) in [5, 5.41) is 8.80. The maximum atomic E-state index is 13.5. The number of rotatable bonds is 6. The van der Waals surface area contributed by atoms with Crippen molar-refractivity contribution in [1.29, 1.82) is 0 Å². The average molecular weight is 298 g/mol. The monoisotopic (exact) mass is 298 g/mol. The Balaban J connectivity index is 1.98. The van der Waals surface area contributed by atoms with Gasteiger partial charge in [0, 0.05) is 19.4 Å². The second-order valence-corrected chi connectivity index (χ2v) is 5.25. The molecule has 1 aliphatic rings. The lowest BCUT2D eigenvalue weighted by atomic mass is 9.80. The molecule has 0 saturated heterocycles. The Kier molecular flexibility index (Phi) is 5.44. The van der Waals surface area contributed by atoms with Crippen molar-refractivity contribution in [1.82, 2.24) is 9.97 Å². The summed E-state index contributed by atoms with van der Waals surface area (Å²) in [5.74, 6) is -0.586. The molecule has 1 aromatic heterocycles. The van der Waals surface area contributed by atoms with Crippen LogP contribution in [0.3, 0.4) is 0 Å².